The molecule has 0 aromatic carbocycles. The highest BCUT2D eigenvalue weighted by Crippen LogP contribution is 2.18. The molecule has 1 rings (SSSR count). The third-order valence-electron chi connectivity index (χ3n) is 2.13. The van der Waals surface area contributed by atoms with Gasteiger partial charge in [-0.05, 0) is 25.2 Å². The largest absolute Gasteiger partial charge is 0.348 e. The van der Waals surface area contributed by atoms with Gasteiger partial charge in [-0.15, -0.1) is 0 Å². The van der Waals surface area contributed by atoms with E-state index in [4.69, 9.17) is 0 Å². The zero-order valence-electron chi connectivity index (χ0n) is 8.80. The lowest BCUT2D eigenvalue weighted by atomic mass is 10.1. The van der Waals surface area contributed by atoms with Gasteiger partial charge in [0.1, 0.15) is 0 Å². The lowest BCUT2D eigenvalue weighted by molar-refractivity contribution is -0.139. The van der Waals surface area contributed by atoms with Crippen molar-refractivity contribution in [2.75, 3.05) is 6.54 Å². The zero-order valence-corrected chi connectivity index (χ0v) is 8.80. The van der Waals surface area contributed by atoms with Crippen LogP contribution in [-0.4, -0.2) is 24.4 Å². The minimum Gasteiger partial charge on any atom is -0.348 e. The lowest BCUT2D eigenvalue weighted by Crippen LogP contribution is -2.41. The summed E-state index contributed by atoms with van der Waals surface area (Å²) in [5.41, 5.74) is 0. The van der Waals surface area contributed by atoms with Gasteiger partial charge >= 0.3 is 11.8 Å². The fraction of sp³-hybridized carbons (Fsp3) is 0.800. The zero-order chi connectivity index (χ0) is 10.6. The van der Waals surface area contributed by atoms with E-state index in [0.717, 1.165) is 19.3 Å². The Balaban J connectivity index is 2.10. The second-order valence-corrected chi connectivity index (χ2v) is 4.19. The molecule has 80 valence electrons. The highest BCUT2D eigenvalue weighted by Gasteiger charge is 2.25. The summed E-state index contributed by atoms with van der Waals surface area (Å²) in [6.45, 7) is 4.74. The van der Waals surface area contributed by atoms with E-state index in [1.807, 2.05) is 0 Å². The van der Waals surface area contributed by atoms with E-state index in [9.17, 15) is 9.59 Å². The smallest absolute Gasteiger partial charge is 0.309 e. The van der Waals surface area contributed by atoms with Gasteiger partial charge in [-0.2, -0.15) is 0 Å². The predicted octanol–water partition coefficient (Wildman–Crippen LogP) is 0.427. The molecule has 1 aliphatic rings. The van der Waals surface area contributed by atoms with Gasteiger partial charge in [-0.3, -0.25) is 9.59 Å². The van der Waals surface area contributed by atoms with Crippen LogP contribution in [0.1, 0.15) is 33.1 Å². The maximum Gasteiger partial charge on any atom is 0.309 e. The average Bonchev–Trinajstić information content (AvgIpc) is 2.87. The summed E-state index contributed by atoms with van der Waals surface area (Å²) in [6.07, 6.45) is 2.92. The van der Waals surface area contributed by atoms with E-state index < -0.39 is 11.8 Å². The van der Waals surface area contributed by atoms with Gasteiger partial charge < -0.3 is 10.6 Å². The number of nitrogens with one attached hydrogen (secondary N) is 2. The number of rotatable bonds is 4. The summed E-state index contributed by atoms with van der Waals surface area (Å²) in [6, 6.07) is 0.248. The van der Waals surface area contributed by atoms with E-state index in [-0.39, 0.29) is 6.04 Å². The highest BCUT2D eigenvalue weighted by atomic mass is 16.2. The standard InChI is InChI=1S/C10H18N2O2/c1-7(2)5-6-11-9(13)10(14)12-8-3-4-8/h7-8H,3-6H2,1-2H3,(H,11,13)(H,12,14). The SMILES string of the molecule is CC(C)CCNC(=O)C(=O)NC1CC1. The fourth-order valence-electron chi connectivity index (χ4n) is 1.03. The van der Waals surface area contributed by atoms with Crippen molar-refractivity contribution in [3.8, 4) is 0 Å². The van der Waals surface area contributed by atoms with Crippen LogP contribution in [0.5, 0.6) is 0 Å². The summed E-state index contributed by atoms with van der Waals surface area (Å²) < 4.78 is 0. The molecule has 0 heterocycles. The average molecular weight is 198 g/mol. The van der Waals surface area contributed by atoms with Crippen molar-refractivity contribution < 1.29 is 9.59 Å². The first-order chi connectivity index (χ1) is 6.59. The minimum atomic E-state index is -0.502. The van der Waals surface area contributed by atoms with Crippen molar-refractivity contribution in [3.05, 3.63) is 0 Å². The first-order valence-corrected chi connectivity index (χ1v) is 5.18. The molecule has 0 aromatic heterocycles. The lowest BCUT2D eigenvalue weighted by Gasteiger charge is -2.06. The maximum atomic E-state index is 11.2. The molecule has 0 atom stereocenters. The first-order valence-electron chi connectivity index (χ1n) is 5.18. The summed E-state index contributed by atoms with van der Waals surface area (Å²) >= 11 is 0. The van der Waals surface area contributed by atoms with Crippen LogP contribution in [0.15, 0.2) is 0 Å². The Morgan fingerprint density at radius 2 is 1.93 bits per heavy atom. The van der Waals surface area contributed by atoms with Crippen molar-refractivity contribution in [2.45, 2.75) is 39.2 Å². The molecule has 0 unspecified atom stereocenters. The molecule has 1 saturated carbocycles. The van der Waals surface area contributed by atoms with Crippen molar-refractivity contribution in [2.24, 2.45) is 5.92 Å². The number of carbonyl (C=O) groups is 2. The third-order valence-corrected chi connectivity index (χ3v) is 2.13. The Labute approximate surface area is 84.4 Å². The summed E-state index contributed by atoms with van der Waals surface area (Å²) in [4.78, 5) is 22.3. The molecule has 0 spiro atoms. The molecule has 2 N–H and O–H groups in total. The van der Waals surface area contributed by atoms with Crippen LogP contribution in [-0.2, 0) is 9.59 Å². The van der Waals surface area contributed by atoms with Gasteiger partial charge in [-0.25, -0.2) is 0 Å². The normalized spacial score (nSPS) is 15.4. The molecule has 4 heteroatoms. The number of amides is 2. The van der Waals surface area contributed by atoms with Crippen LogP contribution >= 0.6 is 0 Å². The third kappa shape index (κ3) is 4.25. The molecule has 0 aromatic rings. The molecule has 14 heavy (non-hydrogen) atoms. The Kier molecular flexibility index (Phi) is 3.92. The van der Waals surface area contributed by atoms with Crippen molar-refractivity contribution >= 4 is 11.8 Å². The van der Waals surface area contributed by atoms with Gasteiger partial charge in [-0.1, -0.05) is 13.8 Å². The molecule has 1 fully saturated rings. The van der Waals surface area contributed by atoms with Gasteiger partial charge in [0.2, 0.25) is 0 Å². The van der Waals surface area contributed by atoms with Crippen LogP contribution in [0.2, 0.25) is 0 Å². The van der Waals surface area contributed by atoms with Crippen LogP contribution in [0.3, 0.4) is 0 Å². The van der Waals surface area contributed by atoms with Crippen molar-refractivity contribution in [3.63, 3.8) is 0 Å². The Morgan fingerprint density at radius 3 is 2.43 bits per heavy atom. The topological polar surface area (TPSA) is 58.2 Å². The van der Waals surface area contributed by atoms with Crippen LogP contribution < -0.4 is 10.6 Å². The molecule has 0 bridgehead atoms. The Bertz CT molecular complexity index is 222. The summed E-state index contributed by atoms with van der Waals surface area (Å²) in [5.74, 6) is -0.449. The second kappa shape index (κ2) is 4.98. The molecule has 1 aliphatic carbocycles. The maximum absolute atomic E-state index is 11.2. The molecule has 0 saturated heterocycles. The number of hydrogen-bond donors (Lipinski definition) is 2. The minimum absolute atomic E-state index is 0.248. The summed E-state index contributed by atoms with van der Waals surface area (Å²) in [7, 11) is 0. The molecular weight excluding hydrogens is 180 g/mol. The van der Waals surface area contributed by atoms with Crippen LogP contribution in [0.4, 0.5) is 0 Å². The molecule has 0 radical (unpaired) electrons. The van der Waals surface area contributed by atoms with E-state index in [2.05, 4.69) is 24.5 Å². The number of carbonyl (C=O) groups excluding carboxylic acids is 2. The van der Waals surface area contributed by atoms with E-state index >= 15 is 0 Å². The highest BCUT2D eigenvalue weighted by molar-refractivity contribution is 6.35. The van der Waals surface area contributed by atoms with Gasteiger partial charge in [0.15, 0.2) is 0 Å². The monoisotopic (exact) mass is 198 g/mol. The van der Waals surface area contributed by atoms with E-state index in [1.165, 1.54) is 0 Å². The summed E-state index contributed by atoms with van der Waals surface area (Å²) in [5, 5.41) is 5.24. The Hall–Kier alpha value is -1.06. The Morgan fingerprint density at radius 1 is 1.29 bits per heavy atom. The first kappa shape index (κ1) is 11.0. The van der Waals surface area contributed by atoms with E-state index in [1.54, 1.807) is 0 Å². The van der Waals surface area contributed by atoms with Gasteiger partial charge in [0, 0.05) is 12.6 Å². The molecular formula is C10H18N2O2. The predicted molar refractivity (Wildman–Crippen MR) is 53.6 cm³/mol. The van der Waals surface area contributed by atoms with E-state index in [0.29, 0.717) is 12.5 Å². The second-order valence-electron chi connectivity index (χ2n) is 4.19. The van der Waals surface area contributed by atoms with Crippen molar-refractivity contribution in [1.82, 2.24) is 10.6 Å². The van der Waals surface area contributed by atoms with Crippen molar-refractivity contribution in [1.29, 1.82) is 0 Å². The van der Waals surface area contributed by atoms with Crippen LogP contribution in [0.25, 0.3) is 0 Å². The van der Waals surface area contributed by atoms with Gasteiger partial charge in [0.25, 0.3) is 0 Å². The molecule has 0 aliphatic heterocycles. The fourth-order valence-corrected chi connectivity index (χ4v) is 1.03. The van der Waals surface area contributed by atoms with Gasteiger partial charge in [0.05, 0.1) is 0 Å². The molecule has 4 nitrogen and oxygen atoms in total. The van der Waals surface area contributed by atoms with Crippen LogP contribution in [0, 0.1) is 5.92 Å². The number of hydrogen-bond acceptors (Lipinski definition) is 2. The quantitative estimate of drug-likeness (QED) is 0.643. The molecule has 2 amide bonds.